The van der Waals surface area contributed by atoms with E-state index in [1.54, 1.807) is 19.9 Å². The SMILES string of the molecule is COc1ccc(CN(C(=O)c2ccc(F)cc2)C(C)C)cc1OS(=O)(=O)c1cccc(C(F)(F)F)c1. The topological polar surface area (TPSA) is 72.9 Å². The Labute approximate surface area is 206 Å². The maximum Gasteiger partial charge on any atom is 0.416 e. The molecule has 0 aliphatic carbocycles. The van der Waals surface area contributed by atoms with E-state index in [1.165, 1.54) is 48.4 Å². The molecule has 36 heavy (non-hydrogen) atoms. The normalized spacial score (nSPS) is 11.9. The van der Waals surface area contributed by atoms with Crippen LogP contribution in [0, 0.1) is 5.82 Å². The van der Waals surface area contributed by atoms with Gasteiger partial charge >= 0.3 is 16.3 Å². The number of alkyl halides is 3. The van der Waals surface area contributed by atoms with Crippen molar-refractivity contribution < 1.29 is 39.7 Å². The van der Waals surface area contributed by atoms with Crippen LogP contribution in [-0.4, -0.2) is 32.4 Å². The molecule has 0 spiro atoms. The van der Waals surface area contributed by atoms with Crippen LogP contribution in [-0.2, 0) is 22.8 Å². The van der Waals surface area contributed by atoms with Crippen molar-refractivity contribution >= 4 is 16.0 Å². The average molecular weight is 526 g/mol. The Morgan fingerprint density at radius 3 is 2.22 bits per heavy atom. The van der Waals surface area contributed by atoms with E-state index < -0.39 is 32.6 Å². The number of hydrogen-bond donors (Lipinski definition) is 0. The number of benzene rings is 3. The summed E-state index contributed by atoms with van der Waals surface area (Å²) in [4.78, 5) is 13.8. The highest BCUT2D eigenvalue weighted by atomic mass is 32.2. The van der Waals surface area contributed by atoms with Gasteiger partial charge in [0.05, 0.1) is 12.7 Å². The van der Waals surface area contributed by atoms with Crippen LogP contribution in [0.2, 0.25) is 0 Å². The van der Waals surface area contributed by atoms with Gasteiger partial charge in [-0.3, -0.25) is 4.79 Å². The summed E-state index contributed by atoms with van der Waals surface area (Å²) in [5, 5.41) is 0. The molecule has 0 aliphatic rings. The summed E-state index contributed by atoms with van der Waals surface area (Å²) in [6.07, 6.45) is -4.74. The monoisotopic (exact) mass is 525 g/mol. The summed E-state index contributed by atoms with van der Waals surface area (Å²) in [5.41, 5.74) is -0.406. The number of ether oxygens (including phenoxy) is 1. The van der Waals surface area contributed by atoms with Crippen molar-refractivity contribution in [2.45, 2.75) is 37.5 Å². The second-order valence-corrected chi connectivity index (χ2v) is 9.63. The molecule has 11 heteroatoms. The van der Waals surface area contributed by atoms with Crippen molar-refractivity contribution in [3.8, 4) is 11.5 Å². The highest BCUT2D eigenvalue weighted by molar-refractivity contribution is 7.87. The number of rotatable bonds is 8. The van der Waals surface area contributed by atoms with Crippen LogP contribution in [0.25, 0.3) is 0 Å². The van der Waals surface area contributed by atoms with Gasteiger partial charge in [0.25, 0.3) is 5.91 Å². The third kappa shape index (κ3) is 6.34. The predicted octanol–water partition coefficient (Wildman–Crippen LogP) is 5.67. The zero-order valence-corrected chi connectivity index (χ0v) is 20.4. The van der Waals surface area contributed by atoms with E-state index in [2.05, 4.69) is 0 Å². The lowest BCUT2D eigenvalue weighted by atomic mass is 10.1. The second kappa shape index (κ2) is 10.6. The molecule has 0 bridgehead atoms. The van der Waals surface area contributed by atoms with E-state index in [-0.39, 0.29) is 35.6 Å². The second-order valence-electron chi connectivity index (χ2n) is 8.08. The van der Waals surface area contributed by atoms with Gasteiger partial charge in [-0.15, -0.1) is 0 Å². The lowest BCUT2D eigenvalue weighted by molar-refractivity contribution is -0.137. The number of hydrogen-bond acceptors (Lipinski definition) is 5. The summed E-state index contributed by atoms with van der Waals surface area (Å²) >= 11 is 0. The van der Waals surface area contributed by atoms with Gasteiger partial charge in [0.1, 0.15) is 10.7 Å². The summed E-state index contributed by atoms with van der Waals surface area (Å²) in [5.74, 6) is -1.10. The van der Waals surface area contributed by atoms with Crippen LogP contribution in [0.1, 0.15) is 35.3 Å². The first-order valence-electron chi connectivity index (χ1n) is 10.7. The summed E-state index contributed by atoms with van der Waals surface area (Å²) < 4.78 is 88.2. The number of halogens is 4. The van der Waals surface area contributed by atoms with Crippen LogP contribution in [0.5, 0.6) is 11.5 Å². The Kier molecular flexibility index (Phi) is 7.92. The molecule has 192 valence electrons. The zero-order chi connectivity index (χ0) is 26.7. The maximum absolute atomic E-state index is 13.3. The first-order chi connectivity index (χ1) is 16.8. The third-order valence-electron chi connectivity index (χ3n) is 5.21. The van der Waals surface area contributed by atoms with Gasteiger partial charge in [-0.1, -0.05) is 12.1 Å². The average Bonchev–Trinajstić information content (AvgIpc) is 2.82. The molecule has 0 radical (unpaired) electrons. The molecular weight excluding hydrogens is 502 g/mol. The molecule has 0 fully saturated rings. The number of carbonyl (C=O) groups excluding carboxylic acids is 1. The van der Waals surface area contributed by atoms with Crippen molar-refractivity contribution in [2.24, 2.45) is 0 Å². The molecule has 0 saturated carbocycles. The Balaban J connectivity index is 1.91. The minimum Gasteiger partial charge on any atom is -0.493 e. The van der Waals surface area contributed by atoms with E-state index in [9.17, 15) is 30.8 Å². The van der Waals surface area contributed by atoms with E-state index in [0.29, 0.717) is 11.6 Å². The molecule has 3 aromatic rings. The summed E-state index contributed by atoms with van der Waals surface area (Å²) in [6.45, 7) is 3.60. The minimum absolute atomic E-state index is 0.0234. The predicted molar refractivity (Wildman–Crippen MR) is 124 cm³/mol. The van der Waals surface area contributed by atoms with Crippen LogP contribution in [0.15, 0.2) is 71.6 Å². The van der Waals surface area contributed by atoms with Gasteiger partial charge in [-0.2, -0.15) is 21.6 Å². The molecule has 0 N–H and O–H groups in total. The standard InChI is InChI=1S/C25H23F4NO5S/c1-16(2)30(24(31)18-8-10-20(26)11-9-18)15-17-7-12-22(34-3)23(13-17)35-36(32,33)21-6-4-5-19(14-21)25(27,28)29/h4-14,16H,15H2,1-3H3. The number of nitrogens with zero attached hydrogens (tertiary/aromatic N) is 1. The maximum atomic E-state index is 13.3. The fourth-order valence-corrected chi connectivity index (χ4v) is 4.30. The smallest absolute Gasteiger partial charge is 0.416 e. The Morgan fingerprint density at radius 2 is 1.64 bits per heavy atom. The van der Waals surface area contributed by atoms with Crippen molar-refractivity contribution in [3.63, 3.8) is 0 Å². The molecule has 0 unspecified atom stereocenters. The fraction of sp³-hybridized carbons (Fsp3) is 0.240. The number of methoxy groups -OCH3 is 1. The molecule has 6 nitrogen and oxygen atoms in total. The molecule has 3 rings (SSSR count). The first kappa shape index (κ1) is 27.0. The first-order valence-corrected chi connectivity index (χ1v) is 12.1. The summed E-state index contributed by atoms with van der Waals surface area (Å²) in [6, 6.07) is 12.3. The van der Waals surface area contributed by atoms with Crippen molar-refractivity contribution in [1.82, 2.24) is 4.90 Å². The van der Waals surface area contributed by atoms with Gasteiger partial charge in [0.2, 0.25) is 0 Å². The lowest BCUT2D eigenvalue weighted by Crippen LogP contribution is -2.36. The molecule has 0 atom stereocenters. The molecular formula is C25H23F4NO5S. The Morgan fingerprint density at radius 1 is 0.972 bits per heavy atom. The lowest BCUT2D eigenvalue weighted by Gasteiger charge is -2.27. The molecule has 0 aliphatic heterocycles. The van der Waals surface area contributed by atoms with Crippen LogP contribution < -0.4 is 8.92 Å². The van der Waals surface area contributed by atoms with Gasteiger partial charge < -0.3 is 13.8 Å². The van der Waals surface area contributed by atoms with Crippen LogP contribution in [0.3, 0.4) is 0 Å². The van der Waals surface area contributed by atoms with Crippen molar-refractivity contribution in [1.29, 1.82) is 0 Å². The quantitative estimate of drug-likeness (QED) is 0.280. The van der Waals surface area contributed by atoms with Gasteiger partial charge in [0, 0.05) is 18.2 Å². The fourth-order valence-electron chi connectivity index (χ4n) is 3.32. The van der Waals surface area contributed by atoms with E-state index >= 15 is 0 Å². The van der Waals surface area contributed by atoms with E-state index in [4.69, 9.17) is 8.92 Å². The largest absolute Gasteiger partial charge is 0.493 e. The van der Waals surface area contributed by atoms with E-state index in [1.807, 2.05) is 0 Å². The van der Waals surface area contributed by atoms with Gasteiger partial charge in [-0.05, 0) is 74.0 Å². The third-order valence-corrected chi connectivity index (χ3v) is 6.44. The van der Waals surface area contributed by atoms with Crippen molar-refractivity contribution in [3.05, 3.63) is 89.2 Å². The molecule has 1 amide bonds. The molecule has 0 aromatic heterocycles. The van der Waals surface area contributed by atoms with E-state index in [0.717, 1.165) is 18.2 Å². The molecule has 0 heterocycles. The Hall–Kier alpha value is -3.60. The molecule has 0 saturated heterocycles. The Bertz CT molecular complexity index is 1340. The highest BCUT2D eigenvalue weighted by Gasteiger charge is 2.32. The minimum atomic E-state index is -4.74. The van der Waals surface area contributed by atoms with Gasteiger partial charge in [0.15, 0.2) is 11.5 Å². The van der Waals surface area contributed by atoms with Crippen molar-refractivity contribution in [2.75, 3.05) is 7.11 Å². The van der Waals surface area contributed by atoms with Crippen LogP contribution in [0.4, 0.5) is 17.6 Å². The zero-order valence-electron chi connectivity index (χ0n) is 19.5. The number of carbonyl (C=O) groups is 1. The molecule has 3 aromatic carbocycles. The van der Waals surface area contributed by atoms with Crippen LogP contribution >= 0.6 is 0 Å². The number of amides is 1. The highest BCUT2D eigenvalue weighted by Crippen LogP contribution is 2.34. The van der Waals surface area contributed by atoms with Gasteiger partial charge in [-0.25, -0.2) is 4.39 Å². The summed E-state index contributed by atoms with van der Waals surface area (Å²) in [7, 11) is -3.37.